The van der Waals surface area contributed by atoms with Gasteiger partial charge in [-0.3, -0.25) is 4.79 Å². The van der Waals surface area contributed by atoms with Gasteiger partial charge in [0.1, 0.15) is 5.75 Å². The van der Waals surface area contributed by atoms with E-state index in [4.69, 9.17) is 16.9 Å². The van der Waals surface area contributed by atoms with Crippen molar-refractivity contribution in [2.75, 3.05) is 0 Å². The monoisotopic (exact) mass is 283 g/mol. The van der Waals surface area contributed by atoms with E-state index in [1.54, 1.807) is 12.1 Å². The second-order valence-corrected chi connectivity index (χ2v) is 5.33. The Labute approximate surface area is 126 Å². The molecule has 1 unspecified atom stereocenters. The van der Waals surface area contributed by atoms with Crippen molar-refractivity contribution in [1.29, 1.82) is 0 Å². The van der Waals surface area contributed by atoms with Crippen LogP contribution in [-0.4, -0.2) is 12.0 Å². The number of carbonyl (C=O) groups is 1. The molecule has 3 heteroatoms. The molecule has 1 aliphatic carbocycles. The van der Waals surface area contributed by atoms with Gasteiger partial charge in [0.15, 0.2) is 6.10 Å². The summed E-state index contributed by atoms with van der Waals surface area (Å²) < 4.78 is 5.71. The van der Waals surface area contributed by atoms with E-state index < -0.39 is 12.0 Å². The lowest BCUT2D eigenvalue weighted by Crippen LogP contribution is -2.33. The zero-order valence-electron chi connectivity index (χ0n) is 12.2. The van der Waals surface area contributed by atoms with Gasteiger partial charge in [-0.2, -0.15) is 0 Å². The molecule has 110 valence electrons. The van der Waals surface area contributed by atoms with Crippen LogP contribution in [-0.2, 0) is 4.79 Å². The van der Waals surface area contributed by atoms with E-state index in [2.05, 4.69) is 12.0 Å². The summed E-state index contributed by atoms with van der Waals surface area (Å²) >= 11 is 0. The molecule has 1 aliphatic rings. The molecule has 0 aromatic heterocycles. The summed E-state index contributed by atoms with van der Waals surface area (Å²) in [6.07, 6.45) is 13.3. The molecule has 0 bridgehead atoms. The van der Waals surface area contributed by atoms with Crippen LogP contribution in [0.1, 0.15) is 44.1 Å². The van der Waals surface area contributed by atoms with Crippen LogP contribution in [0.2, 0.25) is 0 Å². The first-order chi connectivity index (χ1) is 10.2. The molecule has 2 N–H and O–H groups in total. The van der Waals surface area contributed by atoms with Crippen molar-refractivity contribution < 1.29 is 9.53 Å². The lowest BCUT2D eigenvalue weighted by molar-refractivity contribution is -0.124. The Morgan fingerprint density at radius 3 is 2.95 bits per heavy atom. The molecule has 1 aromatic carbocycles. The number of primary amides is 1. The Morgan fingerprint density at radius 1 is 1.43 bits per heavy atom. The maximum Gasteiger partial charge on any atom is 0.258 e. The van der Waals surface area contributed by atoms with E-state index in [1.165, 1.54) is 18.4 Å². The molecule has 2 rings (SSSR count). The van der Waals surface area contributed by atoms with E-state index in [1.807, 2.05) is 12.1 Å². The van der Waals surface area contributed by atoms with Crippen molar-refractivity contribution in [1.82, 2.24) is 0 Å². The third-order valence-electron chi connectivity index (χ3n) is 3.71. The average Bonchev–Trinajstić information content (AvgIpc) is 2.52. The zero-order valence-corrected chi connectivity index (χ0v) is 12.2. The van der Waals surface area contributed by atoms with E-state index >= 15 is 0 Å². The predicted octanol–water partition coefficient (Wildman–Crippen LogP) is 3.18. The van der Waals surface area contributed by atoms with Crippen LogP contribution < -0.4 is 10.5 Å². The highest BCUT2D eigenvalue weighted by Gasteiger charge is 2.18. The van der Waals surface area contributed by atoms with Gasteiger partial charge in [0.2, 0.25) is 0 Å². The summed E-state index contributed by atoms with van der Waals surface area (Å²) in [5.41, 5.74) is 7.59. The number of carbonyl (C=O) groups excluding carboxylic acids is 1. The maximum atomic E-state index is 11.6. The summed E-state index contributed by atoms with van der Waals surface area (Å²) in [7, 11) is 0. The van der Waals surface area contributed by atoms with Crippen molar-refractivity contribution in [2.45, 2.75) is 44.6 Å². The van der Waals surface area contributed by atoms with Crippen LogP contribution in [0, 0.1) is 12.3 Å². The number of amides is 1. The van der Waals surface area contributed by atoms with Gasteiger partial charge in [0.25, 0.3) is 5.91 Å². The first-order valence-electron chi connectivity index (χ1n) is 7.39. The van der Waals surface area contributed by atoms with Crippen LogP contribution in [0.4, 0.5) is 0 Å². The molecule has 0 aliphatic heterocycles. The highest BCUT2D eigenvalue weighted by atomic mass is 16.5. The Balaban J connectivity index is 1.97. The van der Waals surface area contributed by atoms with Gasteiger partial charge in [-0.15, -0.1) is 6.42 Å². The number of hydrogen-bond donors (Lipinski definition) is 1. The van der Waals surface area contributed by atoms with Crippen molar-refractivity contribution in [3.8, 4) is 18.1 Å². The SMILES string of the molecule is C#Cc1cccc(OC(CCC2=CCCCC2)C(N)=O)c1. The molecule has 1 amide bonds. The van der Waals surface area contributed by atoms with Crippen molar-refractivity contribution in [2.24, 2.45) is 5.73 Å². The van der Waals surface area contributed by atoms with E-state index in [0.29, 0.717) is 12.2 Å². The van der Waals surface area contributed by atoms with Gasteiger partial charge in [0.05, 0.1) is 0 Å². The minimum atomic E-state index is -0.610. The number of allylic oxidation sites excluding steroid dienone is 2. The number of benzene rings is 1. The molecule has 3 nitrogen and oxygen atoms in total. The molecule has 1 aromatic rings. The van der Waals surface area contributed by atoms with Crippen molar-refractivity contribution >= 4 is 5.91 Å². The lowest BCUT2D eigenvalue weighted by atomic mass is 9.95. The lowest BCUT2D eigenvalue weighted by Gasteiger charge is -2.18. The second kappa shape index (κ2) is 7.54. The van der Waals surface area contributed by atoms with Crippen LogP contribution in [0.15, 0.2) is 35.9 Å². The van der Waals surface area contributed by atoms with Gasteiger partial charge in [-0.05, 0) is 56.7 Å². The number of ether oxygens (including phenoxy) is 1. The molecule has 0 spiro atoms. The zero-order chi connectivity index (χ0) is 15.1. The molecule has 0 heterocycles. The van der Waals surface area contributed by atoms with Crippen molar-refractivity contribution in [3.05, 3.63) is 41.5 Å². The molecular formula is C18H21NO2. The van der Waals surface area contributed by atoms with Crippen LogP contribution in [0.5, 0.6) is 5.75 Å². The smallest absolute Gasteiger partial charge is 0.258 e. The fraction of sp³-hybridized carbons (Fsp3) is 0.389. The highest BCUT2D eigenvalue weighted by Crippen LogP contribution is 2.23. The summed E-state index contributed by atoms with van der Waals surface area (Å²) in [4.78, 5) is 11.6. The fourth-order valence-electron chi connectivity index (χ4n) is 2.53. The quantitative estimate of drug-likeness (QED) is 0.644. The van der Waals surface area contributed by atoms with Gasteiger partial charge in [-0.1, -0.05) is 23.6 Å². The van der Waals surface area contributed by atoms with Gasteiger partial charge in [-0.25, -0.2) is 0 Å². The number of nitrogens with two attached hydrogens (primary N) is 1. The fourth-order valence-corrected chi connectivity index (χ4v) is 2.53. The van der Waals surface area contributed by atoms with E-state index in [9.17, 15) is 4.79 Å². The van der Waals surface area contributed by atoms with Gasteiger partial charge in [0, 0.05) is 5.56 Å². The molecule has 0 saturated carbocycles. The Bertz CT molecular complexity index is 569. The first kappa shape index (κ1) is 15.2. The summed E-state index contributed by atoms with van der Waals surface area (Å²) in [5, 5.41) is 0. The first-order valence-corrected chi connectivity index (χ1v) is 7.39. The third kappa shape index (κ3) is 4.68. The van der Waals surface area contributed by atoms with Crippen LogP contribution in [0.25, 0.3) is 0 Å². The predicted molar refractivity (Wildman–Crippen MR) is 83.8 cm³/mol. The highest BCUT2D eigenvalue weighted by molar-refractivity contribution is 5.79. The average molecular weight is 283 g/mol. The molecule has 21 heavy (non-hydrogen) atoms. The summed E-state index contributed by atoms with van der Waals surface area (Å²) in [5.74, 6) is 2.71. The van der Waals surface area contributed by atoms with Crippen LogP contribution >= 0.6 is 0 Å². The Hall–Kier alpha value is -2.21. The maximum absolute atomic E-state index is 11.6. The van der Waals surface area contributed by atoms with Gasteiger partial charge >= 0.3 is 0 Å². The number of hydrogen-bond acceptors (Lipinski definition) is 2. The van der Waals surface area contributed by atoms with Gasteiger partial charge < -0.3 is 10.5 Å². The topological polar surface area (TPSA) is 52.3 Å². The largest absolute Gasteiger partial charge is 0.481 e. The van der Waals surface area contributed by atoms with E-state index in [-0.39, 0.29) is 0 Å². The van der Waals surface area contributed by atoms with Crippen LogP contribution in [0.3, 0.4) is 0 Å². The number of rotatable bonds is 6. The normalized spacial score (nSPS) is 15.7. The van der Waals surface area contributed by atoms with E-state index in [0.717, 1.165) is 24.8 Å². The molecule has 0 radical (unpaired) electrons. The number of terminal acetylenes is 1. The van der Waals surface area contributed by atoms with Crippen molar-refractivity contribution in [3.63, 3.8) is 0 Å². The molecule has 0 fully saturated rings. The second-order valence-electron chi connectivity index (χ2n) is 5.33. The standard InChI is InChI=1S/C18H21NO2/c1-2-14-9-6-10-16(13-14)21-17(18(19)20)12-11-15-7-4-3-5-8-15/h1,6-7,9-10,13,17H,3-5,8,11-12H2,(H2,19,20). The molecular weight excluding hydrogens is 262 g/mol. The Kier molecular flexibility index (Phi) is 5.45. The third-order valence-corrected chi connectivity index (χ3v) is 3.71. The summed E-state index contributed by atoms with van der Waals surface area (Å²) in [6, 6.07) is 7.16. The minimum Gasteiger partial charge on any atom is -0.481 e. The Morgan fingerprint density at radius 2 is 2.29 bits per heavy atom. The molecule has 1 atom stereocenters. The minimum absolute atomic E-state index is 0.433. The molecule has 0 saturated heterocycles. The summed E-state index contributed by atoms with van der Waals surface area (Å²) in [6.45, 7) is 0.